The first-order valence-corrected chi connectivity index (χ1v) is 9.88. The average Bonchev–Trinajstić information content (AvgIpc) is 3.21. The Labute approximate surface area is 122 Å². The van der Waals surface area contributed by atoms with Gasteiger partial charge in [-0.2, -0.15) is 0 Å². The van der Waals surface area contributed by atoms with Crippen LogP contribution in [0.1, 0.15) is 51.4 Å². The summed E-state index contributed by atoms with van der Waals surface area (Å²) in [6.07, 6.45) is 13.5. The maximum Gasteiger partial charge on any atom is -0.0142 e. The summed E-state index contributed by atoms with van der Waals surface area (Å²) in [5.74, 6) is 12.4. The van der Waals surface area contributed by atoms with Crippen LogP contribution >= 0.6 is 0 Å². The van der Waals surface area contributed by atoms with Gasteiger partial charge < -0.3 is 0 Å². The molecule has 10 rings (SSSR count). The zero-order valence-electron chi connectivity index (χ0n) is 12.4. The van der Waals surface area contributed by atoms with Gasteiger partial charge in [0, 0.05) is 0 Å². The molecular weight excluding hydrogens is 240 g/mol. The second-order valence-electron chi connectivity index (χ2n) is 10.5. The molecule has 10 aliphatic rings. The van der Waals surface area contributed by atoms with Crippen LogP contribution in [0.5, 0.6) is 0 Å². The van der Waals surface area contributed by atoms with Crippen molar-refractivity contribution in [2.24, 2.45) is 70.0 Å². The van der Waals surface area contributed by atoms with Crippen LogP contribution in [0.4, 0.5) is 0 Å². The van der Waals surface area contributed by atoms with Gasteiger partial charge in [-0.3, -0.25) is 0 Å². The first kappa shape index (κ1) is 9.90. The van der Waals surface area contributed by atoms with Crippen LogP contribution in [0, 0.1) is 70.0 Å². The van der Waals surface area contributed by atoms with Gasteiger partial charge in [0.2, 0.25) is 0 Å². The molecule has 0 N–H and O–H groups in total. The highest BCUT2D eigenvalue weighted by Gasteiger charge is 2.93. The Morgan fingerprint density at radius 2 is 0.850 bits per heavy atom. The van der Waals surface area contributed by atoms with Gasteiger partial charge in [0.25, 0.3) is 0 Å². The van der Waals surface area contributed by atoms with Crippen molar-refractivity contribution in [3.8, 4) is 0 Å². The molecular formula is C20H26. The third-order valence-electron chi connectivity index (χ3n) is 11.5. The molecule has 0 radical (unpaired) electrons. The van der Waals surface area contributed by atoms with Crippen LogP contribution in [0.3, 0.4) is 0 Å². The van der Waals surface area contributed by atoms with Crippen LogP contribution in [0.2, 0.25) is 0 Å². The average molecular weight is 266 g/mol. The molecule has 0 amide bonds. The Balaban J connectivity index is 1.54. The number of hydrogen-bond donors (Lipinski definition) is 0. The summed E-state index contributed by atoms with van der Waals surface area (Å²) in [4.78, 5) is 0. The zero-order valence-corrected chi connectivity index (χ0v) is 12.4. The van der Waals surface area contributed by atoms with E-state index in [0.29, 0.717) is 0 Å². The largest absolute Gasteiger partial charge is 0.0493 e. The summed E-state index contributed by atoms with van der Waals surface area (Å²) in [6, 6.07) is 0. The van der Waals surface area contributed by atoms with E-state index in [-0.39, 0.29) is 0 Å². The van der Waals surface area contributed by atoms with Crippen molar-refractivity contribution in [1.82, 2.24) is 0 Å². The molecule has 2 spiro atoms. The molecule has 0 aromatic heterocycles. The highest BCUT2D eigenvalue weighted by atomic mass is 15.0. The van der Waals surface area contributed by atoms with Crippen molar-refractivity contribution in [2.45, 2.75) is 51.4 Å². The minimum Gasteiger partial charge on any atom is -0.0493 e. The lowest BCUT2D eigenvalue weighted by molar-refractivity contribution is -0.0558. The highest BCUT2D eigenvalue weighted by molar-refractivity contribution is 5.40. The number of hydrogen-bond acceptors (Lipinski definition) is 0. The predicted octanol–water partition coefficient (Wildman–Crippen LogP) is 4.35. The lowest BCUT2D eigenvalue weighted by Crippen LogP contribution is -2.48. The van der Waals surface area contributed by atoms with Gasteiger partial charge in [-0.25, -0.2) is 0 Å². The first-order chi connectivity index (χ1) is 9.88. The van der Waals surface area contributed by atoms with Gasteiger partial charge in [-0.15, -0.1) is 0 Å². The summed E-state index contributed by atoms with van der Waals surface area (Å²) in [5.41, 5.74) is 1.91. The van der Waals surface area contributed by atoms with Gasteiger partial charge in [-0.1, -0.05) is 0 Å². The summed E-state index contributed by atoms with van der Waals surface area (Å²) in [7, 11) is 0. The van der Waals surface area contributed by atoms with Gasteiger partial charge in [0.1, 0.15) is 0 Å². The summed E-state index contributed by atoms with van der Waals surface area (Å²) in [6.45, 7) is 0. The Hall–Kier alpha value is 0. The lowest BCUT2D eigenvalue weighted by Gasteiger charge is -2.52. The molecule has 4 atom stereocenters. The van der Waals surface area contributed by atoms with Gasteiger partial charge in [0.15, 0.2) is 0 Å². The molecule has 4 unspecified atom stereocenters. The Bertz CT molecular complexity index is 474. The highest BCUT2D eigenvalue weighted by Crippen LogP contribution is 2.98. The second-order valence-corrected chi connectivity index (χ2v) is 10.5. The topological polar surface area (TPSA) is 0 Å². The maximum atomic E-state index is 1.70. The molecule has 0 heterocycles. The number of rotatable bonds is 0. The molecule has 10 fully saturated rings. The normalized spacial score (nSPS) is 82.8. The van der Waals surface area contributed by atoms with Crippen molar-refractivity contribution in [3.63, 3.8) is 0 Å². The van der Waals surface area contributed by atoms with Crippen molar-refractivity contribution >= 4 is 0 Å². The molecule has 10 saturated carbocycles. The van der Waals surface area contributed by atoms with E-state index in [1.165, 1.54) is 59.2 Å². The minimum atomic E-state index is 0.957. The molecule has 106 valence electrons. The third kappa shape index (κ3) is 0.576. The van der Waals surface area contributed by atoms with Crippen LogP contribution in [0.25, 0.3) is 0 Å². The summed E-state index contributed by atoms with van der Waals surface area (Å²) >= 11 is 0. The maximum absolute atomic E-state index is 1.70. The minimum absolute atomic E-state index is 0.957. The molecule has 0 aromatic carbocycles. The van der Waals surface area contributed by atoms with E-state index in [2.05, 4.69) is 0 Å². The predicted molar refractivity (Wildman–Crippen MR) is 76.7 cm³/mol. The Morgan fingerprint density at radius 1 is 0.500 bits per heavy atom. The molecule has 10 aliphatic carbocycles. The first-order valence-electron chi connectivity index (χ1n) is 9.88. The molecule has 0 heteroatoms. The monoisotopic (exact) mass is 266 g/mol. The van der Waals surface area contributed by atoms with Crippen molar-refractivity contribution < 1.29 is 0 Å². The van der Waals surface area contributed by atoms with Crippen LogP contribution in [-0.4, -0.2) is 0 Å². The van der Waals surface area contributed by atoms with Gasteiger partial charge in [0.05, 0.1) is 0 Å². The Kier molecular flexibility index (Phi) is 1.22. The van der Waals surface area contributed by atoms with Crippen LogP contribution < -0.4 is 0 Å². The van der Waals surface area contributed by atoms with Crippen molar-refractivity contribution in [1.29, 1.82) is 0 Å². The van der Waals surface area contributed by atoms with Crippen molar-refractivity contribution in [2.75, 3.05) is 0 Å². The second kappa shape index (κ2) is 2.46. The molecule has 0 nitrogen and oxygen atoms in total. The lowest BCUT2D eigenvalue weighted by atomic mass is 9.52. The molecule has 0 aromatic rings. The summed E-state index contributed by atoms with van der Waals surface area (Å²) < 4.78 is 0. The van der Waals surface area contributed by atoms with E-state index in [0.717, 1.165) is 10.8 Å². The van der Waals surface area contributed by atoms with E-state index < -0.39 is 0 Å². The molecule has 12 bridgehead atoms. The molecule has 0 aliphatic heterocycles. The van der Waals surface area contributed by atoms with E-state index in [1.807, 2.05) is 0 Å². The smallest absolute Gasteiger partial charge is 0.0142 e. The SMILES string of the molecule is C1C2CC3CC2CC1C12C4CCC1C1C4C4CCC1C342. The molecule has 0 saturated heterocycles. The molecule has 20 heavy (non-hydrogen) atoms. The van der Waals surface area contributed by atoms with Crippen molar-refractivity contribution in [3.05, 3.63) is 0 Å². The van der Waals surface area contributed by atoms with Crippen LogP contribution in [0.15, 0.2) is 0 Å². The fourth-order valence-electron chi connectivity index (χ4n) is 12.5. The van der Waals surface area contributed by atoms with E-state index >= 15 is 0 Å². The van der Waals surface area contributed by atoms with E-state index in [4.69, 9.17) is 0 Å². The van der Waals surface area contributed by atoms with E-state index in [1.54, 1.807) is 51.4 Å². The fourth-order valence-corrected chi connectivity index (χ4v) is 12.5. The van der Waals surface area contributed by atoms with Gasteiger partial charge in [-0.05, 0) is 121 Å². The quantitative estimate of drug-likeness (QED) is 0.611. The zero-order chi connectivity index (χ0) is 12.4. The Morgan fingerprint density at radius 3 is 1.20 bits per heavy atom. The van der Waals surface area contributed by atoms with E-state index in [9.17, 15) is 0 Å². The van der Waals surface area contributed by atoms with Crippen LogP contribution in [-0.2, 0) is 0 Å². The van der Waals surface area contributed by atoms with Gasteiger partial charge >= 0.3 is 0 Å². The fraction of sp³-hybridized carbons (Fsp3) is 1.00. The summed E-state index contributed by atoms with van der Waals surface area (Å²) in [5, 5.41) is 0. The standard InChI is InChI=1S/C20H26/c1-2-14-18-16-4-3-15-17(18)13(1)19(14)11-5-9-7-12(20(15,16)19)8-10(9)6-11/h9-18H,1-8H2. The third-order valence-corrected chi connectivity index (χ3v) is 11.5.